The molecule has 5 aromatic rings. The molecule has 0 heterocycles. The summed E-state index contributed by atoms with van der Waals surface area (Å²) in [6.45, 7) is 0. The number of fused-ring (bicyclic) bond motifs is 1. The first-order valence-electron chi connectivity index (χ1n) is 12.3. The molecule has 0 amide bonds. The minimum absolute atomic E-state index is 0.165. The zero-order chi connectivity index (χ0) is 27.4. The van der Waals surface area contributed by atoms with Crippen LogP contribution in [-0.4, -0.2) is 32.9 Å². The van der Waals surface area contributed by atoms with Gasteiger partial charge in [0.15, 0.2) is 23.1 Å². The second-order valence-electron chi connectivity index (χ2n) is 8.70. The van der Waals surface area contributed by atoms with Crippen LogP contribution in [0.15, 0.2) is 103 Å². The highest BCUT2D eigenvalue weighted by Crippen LogP contribution is 2.44. The zero-order valence-electron chi connectivity index (χ0n) is 21.8. The van der Waals surface area contributed by atoms with Gasteiger partial charge in [0.1, 0.15) is 11.5 Å². The van der Waals surface area contributed by atoms with Gasteiger partial charge >= 0.3 is 0 Å². The second kappa shape index (κ2) is 11.1. The van der Waals surface area contributed by atoms with Gasteiger partial charge in [-0.15, -0.1) is 0 Å². The summed E-state index contributed by atoms with van der Waals surface area (Å²) in [7, 11) is 4.33. The number of rotatable bonds is 9. The molecule has 6 heteroatoms. The number of carbonyl (C=O) groups excluding carboxylic acids is 2. The predicted molar refractivity (Wildman–Crippen MR) is 150 cm³/mol. The number of methoxy groups -OCH3 is 3. The Labute approximate surface area is 226 Å². The molecule has 0 atom stereocenters. The lowest BCUT2D eigenvalue weighted by Crippen LogP contribution is -2.12. The van der Waals surface area contributed by atoms with Crippen molar-refractivity contribution < 1.29 is 28.5 Å². The Morgan fingerprint density at radius 3 is 1.74 bits per heavy atom. The van der Waals surface area contributed by atoms with Crippen LogP contribution < -0.4 is 18.9 Å². The Balaban J connectivity index is 1.58. The van der Waals surface area contributed by atoms with Crippen molar-refractivity contribution in [3.8, 4) is 28.7 Å². The van der Waals surface area contributed by atoms with E-state index in [4.69, 9.17) is 18.9 Å². The standard InChI is InChI=1S/C33H26O6/c1-36-31-27(29(34)22-16-18-24(19-17-22)39-23-12-5-4-6-13-23)20-28(32(37-2)33(31)38-3)30(35)26-15-9-11-21-10-7-8-14-25(21)26/h4-20H,1-3H3. The van der Waals surface area contributed by atoms with E-state index < -0.39 is 0 Å². The molecule has 0 aliphatic heterocycles. The number of para-hydroxylation sites is 1. The SMILES string of the molecule is COc1c(C(=O)c2ccc(Oc3ccccc3)cc2)cc(C(=O)c2cccc3ccccc23)c(OC)c1OC. The number of ether oxygens (including phenoxy) is 4. The number of benzene rings is 5. The summed E-state index contributed by atoms with van der Waals surface area (Å²) < 4.78 is 22.7. The highest BCUT2D eigenvalue weighted by Gasteiger charge is 2.29. The van der Waals surface area contributed by atoms with E-state index in [2.05, 4.69) is 0 Å². The van der Waals surface area contributed by atoms with Crippen molar-refractivity contribution in [2.45, 2.75) is 0 Å². The number of hydrogen-bond donors (Lipinski definition) is 0. The molecule has 0 N–H and O–H groups in total. The Kier molecular flexibility index (Phi) is 7.28. The van der Waals surface area contributed by atoms with Gasteiger partial charge in [0, 0.05) is 11.1 Å². The topological polar surface area (TPSA) is 71.1 Å². The van der Waals surface area contributed by atoms with Gasteiger partial charge in [-0.25, -0.2) is 0 Å². The normalized spacial score (nSPS) is 10.6. The van der Waals surface area contributed by atoms with Crippen molar-refractivity contribution in [2.24, 2.45) is 0 Å². The fraction of sp³-hybridized carbons (Fsp3) is 0.0909. The van der Waals surface area contributed by atoms with E-state index in [9.17, 15) is 9.59 Å². The molecule has 0 saturated heterocycles. The smallest absolute Gasteiger partial charge is 0.204 e. The Hall–Kier alpha value is -5.10. The van der Waals surface area contributed by atoms with Crippen molar-refractivity contribution in [3.63, 3.8) is 0 Å². The first-order chi connectivity index (χ1) is 19.0. The maximum Gasteiger partial charge on any atom is 0.204 e. The van der Waals surface area contributed by atoms with Crippen LogP contribution in [0.2, 0.25) is 0 Å². The van der Waals surface area contributed by atoms with Crippen LogP contribution in [0.4, 0.5) is 0 Å². The van der Waals surface area contributed by atoms with Gasteiger partial charge in [0.25, 0.3) is 0 Å². The molecule has 0 spiro atoms. The maximum absolute atomic E-state index is 13.9. The monoisotopic (exact) mass is 518 g/mol. The Morgan fingerprint density at radius 1 is 0.513 bits per heavy atom. The van der Waals surface area contributed by atoms with E-state index in [1.54, 1.807) is 30.3 Å². The summed E-state index contributed by atoms with van der Waals surface area (Å²) in [6.07, 6.45) is 0. The third kappa shape index (κ3) is 4.92. The first-order valence-corrected chi connectivity index (χ1v) is 12.3. The average Bonchev–Trinajstić information content (AvgIpc) is 2.99. The third-order valence-corrected chi connectivity index (χ3v) is 6.42. The molecule has 5 aromatic carbocycles. The fourth-order valence-corrected chi connectivity index (χ4v) is 4.57. The van der Waals surface area contributed by atoms with Gasteiger partial charge in [0.2, 0.25) is 5.75 Å². The molecular weight excluding hydrogens is 492 g/mol. The number of hydrogen-bond acceptors (Lipinski definition) is 6. The van der Waals surface area contributed by atoms with Crippen LogP contribution in [0, 0.1) is 0 Å². The van der Waals surface area contributed by atoms with Crippen LogP contribution >= 0.6 is 0 Å². The van der Waals surface area contributed by atoms with E-state index in [0.717, 1.165) is 10.8 Å². The number of carbonyl (C=O) groups is 2. The predicted octanol–water partition coefficient (Wildman–Crippen LogP) is 7.12. The largest absolute Gasteiger partial charge is 0.492 e. The molecule has 5 rings (SSSR count). The molecule has 0 aromatic heterocycles. The summed E-state index contributed by atoms with van der Waals surface area (Å²) in [5, 5.41) is 1.72. The lowest BCUT2D eigenvalue weighted by Gasteiger charge is -2.19. The van der Waals surface area contributed by atoms with Gasteiger partial charge in [0.05, 0.1) is 32.5 Å². The fourth-order valence-electron chi connectivity index (χ4n) is 4.57. The molecule has 0 aliphatic carbocycles. The summed E-state index contributed by atoms with van der Waals surface area (Å²) >= 11 is 0. The molecule has 0 fully saturated rings. The van der Waals surface area contributed by atoms with Crippen molar-refractivity contribution in [2.75, 3.05) is 21.3 Å². The molecule has 39 heavy (non-hydrogen) atoms. The van der Waals surface area contributed by atoms with E-state index >= 15 is 0 Å². The number of ketones is 2. The van der Waals surface area contributed by atoms with Gasteiger partial charge < -0.3 is 18.9 Å². The summed E-state index contributed by atoms with van der Waals surface area (Å²) in [5.41, 5.74) is 1.25. The highest BCUT2D eigenvalue weighted by atomic mass is 16.5. The molecule has 6 nitrogen and oxygen atoms in total. The van der Waals surface area contributed by atoms with Crippen LogP contribution in [0.25, 0.3) is 10.8 Å². The van der Waals surface area contributed by atoms with E-state index in [1.807, 2.05) is 66.7 Å². The molecule has 0 bridgehead atoms. The van der Waals surface area contributed by atoms with Crippen molar-refractivity contribution in [1.82, 2.24) is 0 Å². The van der Waals surface area contributed by atoms with Gasteiger partial charge in [-0.05, 0) is 53.2 Å². The molecule has 0 radical (unpaired) electrons. The van der Waals surface area contributed by atoms with Gasteiger partial charge in [-0.3, -0.25) is 9.59 Å². The Bertz CT molecular complexity index is 1650. The molecule has 0 saturated carbocycles. The van der Waals surface area contributed by atoms with Crippen molar-refractivity contribution in [1.29, 1.82) is 0 Å². The summed E-state index contributed by atoms with van der Waals surface area (Å²) in [5.74, 6) is 1.17. The quantitative estimate of drug-likeness (QED) is 0.194. The first kappa shape index (κ1) is 25.5. The molecule has 194 valence electrons. The minimum Gasteiger partial charge on any atom is -0.492 e. The zero-order valence-corrected chi connectivity index (χ0v) is 21.8. The minimum atomic E-state index is -0.342. The van der Waals surface area contributed by atoms with E-state index in [1.165, 1.54) is 27.4 Å². The molecular formula is C33H26O6. The van der Waals surface area contributed by atoms with E-state index in [-0.39, 0.29) is 39.9 Å². The van der Waals surface area contributed by atoms with Gasteiger partial charge in [-0.1, -0.05) is 60.7 Å². The Morgan fingerprint density at radius 2 is 1.08 bits per heavy atom. The third-order valence-electron chi connectivity index (χ3n) is 6.42. The van der Waals surface area contributed by atoms with Crippen molar-refractivity contribution in [3.05, 3.63) is 125 Å². The molecule has 0 aliphatic rings. The summed E-state index contributed by atoms with van der Waals surface area (Å²) in [4.78, 5) is 27.7. The second-order valence-corrected chi connectivity index (χ2v) is 8.70. The average molecular weight is 519 g/mol. The van der Waals surface area contributed by atoms with Crippen LogP contribution in [-0.2, 0) is 0 Å². The summed E-state index contributed by atoms with van der Waals surface area (Å²) in [6, 6.07) is 30.8. The van der Waals surface area contributed by atoms with Crippen LogP contribution in [0.1, 0.15) is 31.8 Å². The van der Waals surface area contributed by atoms with Crippen LogP contribution in [0.5, 0.6) is 28.7 Å². The van der Waals surface area contributed by atoms with Crippen LogP contribution in [0.3, 0.4) is 0 Å². The van der Waals surface area contributed by atoms with Gasteiger partial charge in [-0.2, -0.15) is 0 Å². The lowest BCUT2D eigenvalue weighted by molar-refractivity contribution is 0.103. The van der Waals surface area contributed by atoms with Crippen molar-refractivity contribution >= 4 is 22.3 Å². The maximum atomic E-state index is 13.9. The highest BCUT2D eigenvalue weighted by molar-refractivity contribution is 6.20. The van der Waals surface area contributed by atoms with E-state index in [0.29, 0.717) is 22.6 Å². The lowest BCUT2D eigenvalue weighted by atomic mass is 9.93. The molecule has 0 unspecified atom stereocenters.